The van der Waals surface area contributed by atoms with Crippen molar-refractivity contribution in [2.45, 2.75) is 32.7 Å². The van der Waals surface area contributed by atoms with Crippen molar-refractivity contribution in [3.63, 3.8) is 0 Å². The molecule has 1 atom stereocenters. The van der Waals surface area contributed by atoms with Gasteiger partial charge in [-0.05, 0) is 49.5 Å². The summed E-state index contributed by atoms with van der Waals surface area (Å²) in [4.78, 5) is 22.7. The smallest absolute Gasteiger partial charge is 0.221 e. The van der Waals surface area contributed by atoms with E-state index in [1.165, 1.54) is 13.3 Å². The fraction of sp³-hybridized carbons (Fsp3) is 0.500. The maximum atomic E-state index is 11.8. The minimum Gasteiger partial charge on any atom is -0.352 e. The molecule has 0 bridgehead atoms. The molecule has 1 saturated heterocycles. The van der Waals surface area contributed by atoms with Crippen LogP contribution in [0, 0.1) is 5.92 Å². The molecule has 114 valence electrons. The third-order valence-corrected chi connectivity index (χ3v) is 3.71. The van der Waals surface area contributed by atoms with Crippen molar-refractivity contribution >= 4 is 17.5 Å². The van der Waals surface area contributed by atoms with E-state index in [-0.39, 0.29) is 11.8 Å². The number of amides is 2. The van der Waals surface area contributed by atoms with E-state index in [2.05, 4.69) is 16.0 Å². The molecule has 0 saturated carbocycles. The molecule has 1 aliphatic heterocycles. The summed E-state index contributed by atoms with van der Waals surface area (Å²) >= 11 is 0. The van der Waals surface area contributed by atoms with E-state index in [4.69, 9.17) is 0 Å². The summed E-state index contributed by atoms with van der Waals surface area (Å²) in [5.41, 5.74) is 1.80. The Morgan fingerprint density at radius 3 is 2.67 bits per heavy atom. The Balaban J connectivity index is 1.69. The zero-order chi connectivity index (χ0) is 15.1. The largest absolute Gasteiger partial charge is 0.352 e. The van der Waals surface area contributed by atoms with Gasteiger partial charge in [0, 0.05) is 25.6 Å². The highest BCUT2D eigenvalue weighted by Gasteiger charge is 2.15. The molecule has 1 aliphatic rings. The second-order valence-corrected chi connectivity index (χ2v) is 5.55. The molecule has 21 heavy (non-hydrogen) atoms. The van der Waals surface area contributed by atoms with Crippen LogP contribution in [0.2, 0.25) is 0 Å². The number of carbonyl (C=O) groups is 2. The summed E-state index contributed by atoms with van der Waals surface area (Å²) in [5, 5.41) is 8.96. The van der Waals surface area contributed by atoms with Crippen LogP contribution in [0.3, 0.4) is 0 Å². The Labute approximate surface area is 125 Å². The highest BCUT2D eigenvalue weighted by Crippen LogP contribution is 2.14. The zero-order valence-electron chi connectivity index (χ0n) is 12.4. The van der Waals surface area contributed by atoms with E-state index in [0.29, 0.717) is 18.9 Å². The van der Waals surface area contributed by atoms with Gasteiger partial charge in [-0.3, -0.25) is 9.59 Å². The third-order valence-electron chi connectivity index (χ3n) is 3.71. The standard InChI is InChI=1S/C16H23N3O2/c1-12(20)19-15-5-2-13(3-6-15)11-18-16(21)7-4-14-8-9-17-10-14/h2-3,5-6,14,17H,4,7-11H2,1H3,(H,18,21)(H,19,20). The number of carbonyl (C=O) groups excluding carboxylic acids is 2. The molecule has 0 radical (unpaired) electrons. The van der Waals surface area contributed by atoms with Crippen molar-refractivity contribution in [1.82, 2.24) is 10.6 Å². The Morgan fingerprint density at radius 1 is 1.29 bits per heavy atom. The first kappa shape index (κ1) is 15.5. The van der Waals surface area contributed by atoms with Gasteiger partial charge in [-0.1, -0.05) is 12.1 Å². The number of anilines is 1. The van der Waals surface area contributed by atoms with Gasteiger partial charge < -0.3 is 16.0 Å². The van der Waals surface area contributed by atoms with Gasteiger partial charge in [-0.25, -0.2) is 0 Å². The molecule has 0 aliphatic carbocycles. The van der Waals surface area contributed by atoms with Crippen molar-refractivity contribution in [3.8, 4) is 0 Å². The minimum absolute atomic E-state index is 0.0857. The second-order valence-electron chi connectivity index (χ2n) is 5.55. The monoisotopic (exact) mass is 289 g/mol. The Bertz CT molecular complexity index is 479. The Morgan fingerprint density at radius 2 is 2.05 bits per heavy atom. The average molecular weight is 289 g/mol. The maximum Gasteiger partial charge on any atom is 0.221 e. The molecule has 1 fully saturated rings. The molecule has 2 amide bonds. The predicted octanol–water partition coefficient (Wildman–Crippen LogP) is 1.65. The highest BCUT2D eigenvalue weighted by molar-refractivity contribution is 5.88. The summed E-state index contributed by atoms with van der Waals surface area (Å²) in [6, 6.07) is 7.50. The van der Waals surface area contributed by atoms with Crippen molar-refractivity contribution in [1.29, 1.82) is 0 Å². The molecule has 5 heteroatoms. The average Bonchev–Trinajstić information content (AvgIpc) is 2.97. The van der Waals surface area contributed by atoms with Gasteiger partial charge in [0.2, 0.25) is 11.8 Å². The molecule has 1 heterocycles. The summed E-state index contributed by atoms with van der Waals surface area (Å²) < 4.78 is 0. The van der Waals surface area contributed by atoms with Crippen LogP contribution in [-0.4, -0.2) is 24.9 Å². The lowest BCUT2D eigenvalue weighted by Crippen LogP contribution is -2.23. The molecule has 1 unspecified atom stereocenters. The van der Waals surface area contributed by atoms with Crippen LogP contribution in [0.25, 0.3) is 0 Å². The number of nitrogens with one attached hydrogen (secondary N) is 3. The first-order valence-electron chi connectivity index (χ1n) is 7.47. The molecule has 3 N–H and O–H groups in total. The van der Waals surface area contributed by atoms with Crippen LogP contribution in [0.1, 0.15) is 31.7 Å². The molecule has 2 rings (SSSR count). The number of hydrogen-bond acceptors (Lipinski definition) is 3. The highest BCUT2D eigenvalue weighted by atomic mass is 16.2. The van der Waals surface area contributed by atoms with Gasteiger partial charge in [0.05, 0.1) is 0 Å². The summed E-state index contributed by atoms with van der Waals surface area (Å²) in [6.45, 7) is 4.13. The fourth-order valence-electron chi connectivity index (χ4n) is 2.49. The van der Waals surface area contributed by atoms with Crippen molar-refractivity contribution in [3.05, 3.63) is 29.8 Å². The molecule has 1 aromatic rings. The molecule has 5 nitrogen and oxygen atoms in total. The zero-order valence-corrected chi connectivity index (χ0v) is 12.4. The van der Waals surface area contributed by atoms with Crippen LogP contribution >= 0.6 is 0 Å². The lowest BCUT2D eigenvalue weighted by Gasteiger charge is -2.09. The van der Waals surface area contributed by atoms with Crippen LogP contribution in [-0.2, 0) is 16.1 Å². The van der Waals surface area contributed by atoms with Gasteiger partial charge in [0.25, 0.3) is 0 Å². The lowest BCUT2D eigenvalue weighted by atomic mass is 10.0. The SMILES string of the molecule is CC(=O)Nc1ccc(CNC(=O)CCC2CCNC2)cc1. The summed E-state index contributed by atoms with van der Waals surface area (Å²) in [6.07, 6.45) is 2.73. The number of hydrogen-bond donors (Lipinski definition) is 3. The normalized spacial score (nSPS) is 17.5. The number of benzene rings is 1. The van der Waals surface area contributed by atoms with Crippen LogP contribution < -0.4 is 16.0 Å². The maximum absolute atomic E-state index is 11.8. The molecule has 0 spiro atoms. The van der Waals surface area contributed by atoms with Crippen molar-refractivity contribution in [2.24, 2.45) is 5.92 Å². The van der Waals surface area contributed by atoms with E-state index in [0.717, 1.165) is 30.8 Å². The second kappa shape index (κ2) is 7.78. The van der Waals surface area contributed by atoms with Gasteiger partial charge in [-0.2, -0.15) is 0 Å². The first-order valence-corrected chi connectivity index (χ1v) is 7.47. The van der Waals surface area contributed by atoms with Crippen LogP contribution in [0.15, 0.2) is 24.3 Å². The fourth-order valence-corrected chi connectivity index (χ4v) is 2.49. The molecule has 0 aromatic heterocycles. The van der Waals surface area contributed by atoms with Gasteiger partial charge in [-0.15, -0.1) is 0 Å². The Hall–Kier alpha value is -1.88. The van der Waals surface area contributed by atoms with E-state index in [1.54, 1.807) is 0 Å². The first-order chi connectivity index (χ1) is 10.1. The lowest BCUT2D eigenvalue weighted by molar-refractivity contribution is -0.121. The van der Waals surface area contributed by atoms with Crippen molar-refractivity contribution < 1.29 is 9.59 Å². The van der Waals surface area contributed by atoms with Crippen LogP contribution in [0.5, 0.6) is 0 Å². The Kier molecular flexibility index (Phi) is 5.75. The van der Waals surface area contributed by atoms with E-state index in [9.17, 15) is 9.59 Å². The molecular formula is C16H23N3O2. The van der Waals surface area contributed by atoms with E-state index in [1.807, 2.05) is 24.3 Å². The van der Waals surface area contributed by atoms with E-state index < -0.39 is 0 Å². The summed E-state index contributed by atoms with van der Waals surface area (Å²) in [7, 11) is 0. The number of rotatable bonds is 6. The molecular weight excluding hydrogens is 266 g/mol. The van der Waals surface area contributed by atoms with Gasteiger partial charge in [0.1, 0.15) is 0 Å². The van der Waals surface area contributed by atoms with E-state index >= 15 is 0 Å². The van der Waals surface area contributed by atoms with Gasteiger partial charge >= 0.3 is 0 Å². The third kappa shape index (κ3) is 5.55. The van der Waals surface area contributed by atoms with Crippen LogP contribution in [0.4, 0.5) is 5.69 Å². The predicted molar refractivity (Wildman–Crippen MR) is 82.8 cm³/mol. The quantitative estimate of drug-likeness (QED) is 0.746. The molecule has 1 aromatic carbocycles. The summed E-state index contributed by atoms with van der Waals surface area (Å²) in [5.74, 6) is 0.665. The van der Waals surface area contributed by atoms with Crippen molar-refractivity contribution in [2.75, 3.05) is 18.4 Å². The minimum atomic E-state index is -0.0857. The van der Waals surface area contributed by atoms with Gasteiger partial charge in [0.15, 0.2) is 0 Å². The topological polar surface area (TPSA) is 70.2 Å².